The van der Waals surface area contributed by atoms with E-state index < -0.39 is 11.4 Å². The van der Waals surface area contributed by atoms with Crippen molar-refractivity contribution in [3.05, 3.63) is 0 Å². The fraction of sp³-hybridized carbons (Fsp3) is 1.00. The van der Waals surface area contributed by atoms with Gasteiger partial charge in [0.05, 0.1) is 5.66 Å². The van der Waals surface area contributed by atoms with Crippen molar-refractivity contribution in [3.8, 4) is 0 Å². The first-order chi connectivity index (χ1) is 5.50. The molecule has 5 nitrogen and oxygen atoms in total. The second kappa shape index (κ2) is 2.18. The minimum atomic E-state index is -0.510. The number of hydrogen-bond acceptors (Lipinski definition) is 5. The molecule has 5 heteroatoms. The molecule has 1 aliphatic carbocycles. The molecule has 0 aromatic rings. The minimum absolute atomic E-state index is 0.0924. The average molecular weight is 172 g/mol. The zero-order valence-electron chi connectivity index (χ0n) is 7.21. The normalized spacial score (nSPS) is 58.0. The Labute approximate surface area is 71.6 Å². The van der Waals surface area contributed by atoms with Gasteiger partial charge in [-0.25, -0.2) is 0 Å². The number of likely N-dealkylation sites (N-methyl/N-ethyl adjacent to an activating group) is 1. The van der Waals surface area contributed by atoms with E-state index in [1.165, 1.54) is 0 Å². The summed E-state index contributed by atoms with van der Waals surface area (Å²) in [5.74, 6) is 0. The first kappa shape index (κ1) is 8.40. The molecule has 1 aliphatic heterocycles. The Bertz CT molecular complexity index is 212. The van der Waals surface area contributed by atoms with E-state index in [4.69, 9.17) is 21.9 Å². The first-order valence-electron chi connectivity index (χ1n) is 4.20. The molecule has 1 heterocycles. The predicted molar refractivity (Wildman–Crippen MR) is 45.0 cm³/mol. The third kappa shape index (κ3) is 0.982. The maximum absolute atomic E-state index is 6.01. The second-order valence-corrected chi connectivity index (χ2v) is 3.87. The molecular formula is C7H16N4O. The Morgan fingerprint density at radius 1 is 1.42 bits per heavy atom. The van der Waals surface area contributed by atoms with Gasteiger partial charge in [-0.05, 0) is 7.05 Å². The molecule has 0 bridgehead atoms. The first-order valence-corrected chi connectivity index (χ1v) is 4.20. The lowest BCUT2D eigenvalue weighted by atomic mass is 9.83. The molecule has 2 fully saturated rings. The quantitative estimate of drug-likeness (QED) is 0.271. The molecule has 70 valence electrons. The van der Waals surface area contributed by atoms with E-state index >= 15 is 0 Å². The lowest BCUT2D eigenvalue weighted by Crippen LogP contribution is -2.68. The van der Waals surface area contributed by atoms with Gasteiger partial charge in [-0.15, -0.1) is 0 Å². The topological polar surface area (TPSA) is 103 Å². The molecule has 1 saturated carbocycles. The van der Waals surface area contributed by atoms with Gasteiger partial charge in [0.1, 0.15) is 11.8 Å². The minimum Gasteiger partial charge on any atom is -0.350 e. The van der Waals surface area contributed by atoms with E-state index in [0.29, 0.717) is 12.8 Å². The van der Waals surface area contributed by atoms with Gasteiger partial charge < -0.3 is 27.3 Å². The predicted octanol–water partition coefficient (Wildman–Crippen LogP) is -1.96. The van der Waals surface area contributed by atoms with Crippen molar-refractivity contribution < 1.29 is 4.74 Å². The zero-order valence-corrected chi connectivity index (χ0v) is 7.21. The summed E-state index contributed by atoms with van der Waals surface area (Å²) in [6.45, 7) is 0. The van der Waals surface area contributed by atoms with Gasteiger partial charge in [-0.1, -0.05) is 0 Å². The monoisotopic (exact) mass is 172 g/mol. The Balaban J connectivity index is 2.12. The molecule has 2 rings (SSSR count). The van der Waals surface area contributed by atoms with E-state index in [2.05, 4.69) is 5.32 Å². The van der Waals surface area contributed by atoms with Gasteiger partial charge in [-0.2, -0.15) is 0 Å². The van der Waals surface area contributed by atoms with Crippen molar-refractivity contribution in [2.75, 3.05) is 7.05 Å². The molecule has 0 radical (unpaired) electrons. The summed E-state index contributed by atoms with van der Waals surface area (Å²) in [6, 6.07) is -0.133. The molecular weight excluding hydrogens is 156 g/mol. The number of epoxide rings is 1. The van der Waals surface area contributed by atoms with Crippen molar-refractivity contribution in [1.29, 1.82) is 0 Å². The number of fused-ring (bicyclic) bond motifs is 1. The molecule has 2 aliphatic rings. The van der Waals surface area contributed by atoms with Crippen molar-refractivity contribution in [2.45, 2.75) is 36.4 Å². The van der Waals surface area contributed by atoms with E-state index in [-0.39, 0.29) is 12.1 Å². The zero-order chi connectivity index (χ0) is 8.98. The SMILES string of the molecule is CNC1(N)CC2OC2(N)CC1N. The molecule has 12 heavy (non-hydrogen) atoms. The molecule has 1 saturated heterocycles. The highest BCUT2D eigenvalue weighted by molar-refractivity contribution is 5.13. The van der Waals surface area contributed by atoms with E-state index in [1.807, 2.05) is 7.05 Å². The Kier molecular flexibility index (Phi) is 1.53. The van der Waals surface area contributed by atoms with Gasteiger partial charge in [0.2, 0.25) is 0 Å². The molecule has 4 atom stereocenters. The highest BCUT2D eigenvalue weighted by Crippen LogP contribution is 2.44. The van der Waals surface area contributed by atoms with Crippen LogP contribution < -0.4 is 22.5 Å². The van der Waals surface area contributed by atoms with Crippen LogP contribution in [0.3, 0.4) is 0 Å². The van der Waals surface area contributed by atoms with Crippen LogP contribution in [-0.4, -0.2) is 30.6 Å². The maximum Gasteiger partial charge on any atom is 0.145 e. The largest absolute Gasteiger partial charge is 0.350 e. The van der Waals surface area contributed by atoms with Crippen molar-refractivity contribution in [2.24, 2.45) is 17.2 Å². The highest BCUT2D eigenvalue weighted by Gasteiger charge is 2.62. The van der Waals surface area contributed by atoms with Crippen LogP contribution in [0.4, 0.5) is 0 Å². The second-order valence-electron chi connectivity index (χ2n) is 3.87. The van der Waals surface area contributed by atoms with Gasteiger partial charge >= 0.3 is 0 Å². The fourth-order valence-corrected chi connectivity index (χ4v) is 1.90. The van der Waals surface area contributed by atoms with Crippen molar-refractivity contribution >= 4 is 0 Å². The molecule has 0 aromatic carbocycles. The number of nitrogens with one attached hydrogen (secondary N) is 1. The Morgan fingerprint density at radius 3 is 2.67 bits per heavy atom. The van der Waals surface area contributed by atoms with Gasteiger partial charge in [0.15, 0.2) is 0 Å². The van der Waals surface area contributed by atoms with Crippen LogP contribution in [0.15, 0.2) is 0 Å². The maximum atomic E-state index is 6.01. The Morgan fingerprint density at radius 2 is 2.08 bits per heavy atom. The van der Waals surface area contributed by atoms with Crippen LogP contribution in [0.25, 0.3) is 0 Å². The van der Waals surface area contributed by atoms with Crippen LogP contribution in [0, 0.1) is 0 Å². The summed E-state index contributed by atoms with van der Waals surface area (Å²) in [4.78, 5) is 0. The summed E-state index contributed by atoms with van der Waals surface area (Å²) >= 11 is 0. The van der Waals surface area contributed by atoms with Crippen molar-refractivity contribution in [3.63, 3.8) is 0 Å². The molecule has 0 amide bonds. The van der Waals surface area contributed by atoms with Crippen LogP contribution in [0.2, 0.25) is 0 Å². The van der Waals surface area contributed by atoms with Crippen LogP contribution in [0.1, 0.15) is 12.8 Å². The van der Waals surface area contributed by atoms with Gasteiger partial charge in [0, 0.05) is 18.9 Å². The summed E-state index contributed by atoms with van der Waals surface area (Å²) < 4.78 is 5.31. The number of ether oxygens (including phenoxy) is 1. The van der Waals surface area contributed by atoms with E-state index in [9.17, 15) is 0 Å². The molecule has 0 aromatic heterocycles. The number of hydrogen-bond donors (Lipinski definition) is 4. The van der Waals surface area contributed by atoms with Gasteiger partial charge in [0.25, 0.3) is 0 Å². The Hall–Kier alpha value is -0.200. The third-order valence-corrected chi connectivity index (χ3v) is 3.04. The molecule has 7 N–H and O–H groups in total. The molecule has 4 unspecified atom stereocenters. The van der Waals surface area contributed by atoms with E-state index in [0.717, 1.165) is 0 Å². The fourth-order valence-electron chi connectivity index (χ4n) is 1.90. The standard InChI is InChI=1S/C7H16N4O/c1-11-6(9)3-5-7(10,12-5)2-4(6)8/h4-5,11H,2-3,8-10H2,1H3. The summed E-state index contributed by atoms with van der Waals surface area (Å²) in [5.41, 5.74) is 16.7. The average Bonchev–Trinajstić information content (AvgIpc) is 2.60. The lowest BCUT2D eigenvalue weighted by molar-refractivity contribution is 0.210. The van der Waals surface area contributed by atoms with Crippen LogP contribution in [0.5, 0.6) is 0 Å². The smallest absolute Gasteiger partial charge is 0.145 e. The number of rotatable bonds is 1. The van der Waals surface area contributed by atoms with Crippen LogP contribution >= 0.6 is 0 Å². The van der Waals surface area contributed by atoms with Crippen LogP contribution in [-0.2, 0) is 4.74 Å². The third-order valence-electron chi connectivity index (χ3n) is 3.04. The lowest BCUT2D eigenvalue weighted by Gasteiger charge is -2.38. The highest BCUT2D eigenvalue weighted by atomic mass is 16.6. The summed E-state index contributed by atoms with van der Waals surface area (Å²) in [5, 5.41) is 3.02. The summed E-state index contributed by atoms with van der Waals surface area (Å²) in [6.07, 6.45) is 1.42. The van der Waals surface area contributed by atoms with E-state index in [1.54, 1.807) is 0 Å². The molecule has 0 spiro atoms. The number of nitrogens with two attached hydrogens (primary N) is 3. The van der Waals surface area contributed by atoms with Crippen molar-refractivity contribution in [1.82, 2.24) is 5.32 Å². The summed E-state index contributed by atoms with van der Waals surface area (Å²) in [7, 11) is 1.81. The van der Waals surface area contributed by atoms with Gasteiger partial charge in [-0.3, -0.25) is 0 Å².